The standard InChI is InChI=1S/C16H30N2O2S/c1-6-14-15(19)17-13(10-11(3)4)16(20)18(14)12(5)8-9-21-7-2/h11-14H,6-10H2,1-5H3,(H,17,19). The van der Waals surface area contributed by atoms with Gasteiger partial charge in [-0.15, -0.1) is 0 Å². The molecule has 0 spiro atoms. The number of amides is 2. The Morgan fingerprint density at radius 1 is 1.24 bits per heavy atom. The molecule has 21 heavy (non-hydrogen) atoms. The summed E-state index contributed by atoms with van der Waals surface area (Å²) in [6.07, 6.45) is 2.34. The molecular formula is C16H30N2O2S. The van der Waals surface area contributed by atoms with Gasteiger partial charge in [-0.05, 0) is 43.6 Å². The lowest BCUT2D eigenvalue weighted by atomic mass is 9.96. The Morgan fingerprint density at radius 2 is 1.90 bits per heavy atom. The molecule has 1 rings (SSSR count). The summed E-state index contributed by atoms with van der Waals surface area (Å²) in [7, 11) is 0. The molecule has 0 aromatic carbocycles. The highest BCUT2D eigenvalue weighted by molar-refractivity contribution is 7.99. The molecule has 0 aromatic heterocycles. The van der Waals surface area contributed by atoms with Crippen LogP contribution < -0.4 is 5.32 Å². The van der Waals surface area contributed by atoms with Crippen molar-refractivity contribution in [2.75, 3.05) is 11.5 Å². The smallest absolute Gasteiger partial charge is 0.246 e. The van der Waals surface area contributed by atoms with Crippen molar-refractivity contribution in [2.24, 2.45) is 5.92 Å². The van der Waals surface area contributed by atoms with E-state index in [1.54, 1.807) is 0 Å². The highest BCUT2D eigenvalue weighted by Gasteiger charge is 2.41. The molecule has 1 fully saturated rings. The van der Waals surface area contributed by atoms with Gasteiger partial charge in [0.25, 0.3) is 0 Å². The second-order valence-corrected chi connectivity index (χ2v) is 7.59. The first-order valence-electron chi connectivity index (χ1n) is 8.12. The summed E-state index contributed by atoms with van der Waals surface area (Å²) in [6.45, 7) is 10.3. The maximum absolute atomic E-state index is 12.8. The van der Waals surface area contributed by atoms with Crippen molar-refractivity contribution >= 4 is 23.6 Å². The molecule has 1 N–H and O–H groups in total. The molecule has 0 saturated carbocycles. The normalized spacial score (nSPS) is 24.4. The number of piperazine rings is 1. The van der Waals surface area contributed by atoms with Crippen LogP contribution in [0.25, 0.3) is 0 Å². The molecule has 1 aliphatic heterocycles. The average molecular weight is 314 g/mol. The van der Waals surface area contributed by atoms with Gasteiger partial charge in [-0.25, -0.2) is 0 Å². The average Bonchev–Trinajstić information content (AvgIpc) is 2.41. The highest BCUT2D eigenvalue weighted by Crippen LogP contribution is 2.22. The zero-order valence-corrected chi connectivity index (χ0v) is 14.8. The third kappa shape index (κ3) is 4.90. The second-order valence-electron chi connectivity index (χ2n) is 6.19. The lowest BCUT2D eigenvalue weighted by molar-refractivity contribution is -0.152. The molecule has 1 heterocycles. The number of hydrogen-bond acceptors (Lipinski definition) is 3. The quantitative estimate of drug-likeness (QED) is 0.701. The minimum Gasteiger partial charge on any atom is -0.342 e. The van der Waals surface area contributed by atoms with Crippen LogP contribution in [0.4, 0.5) is 0 Å². The van der Waals surface area contributed by atoms with Crippen molar-refractivity contribution in [3.63, 3.8) is 0 Å². The minimum absolute atomic E-state index is 0.0118. The Labute approximate surface area is 133 Å². The molecule has 1 saturated heterocycles. The number of rotatable bonds is 8. The van der Waals surface area contributed by atoms with Crippen molar-refractivity contribution in [2.45, 2.75) is 72.0 Å². The second kappa shape index (κ2) is 8.66. The topological polar surface area (TPSA) is 49.4 Å². The van der Waals surface area contributed by atoms with E-state index in [0.29, 0.717) is 18.8 Å². The molecule has 3 atom stereocenters. The molecule has 122 valence electrons. The van der Waals surface area contributed by atoms with E-state index < -0.39 is 0 Å². The fourth-order valence-corrected chi connectivity index (χ4v) is 3.66. The summed E-state index contributed by atoms with van der Waals surface area (Å²) >= 11 is 1.88. The van der Waals surface area contributed by atoms with Crippen molar-refractivity contribution in [3.05, 3.63) is 0 Å². The van der Waals surface area contributed by atoms with Crippen LogP contribution in [-0.4, -0.2) is 46.3 Å². The van der Waals surface area contributed by atoms with Crippen LogP contribution in [0.5, 0.6) is 0 Å². The van der Waals surface area contributed by atoms with Crippen molar-refractivity contribution < 1.29 is 9.59 Å². The van der Waals surface area contributed by atoms with E-state index in [-0.39, 0.29) is 29.9 Å². The predicted octanol–water partition coefficient (Wildman–Crippen LogP) is 2.67. The Kier molecular flexibility index (Phi) is 7.57. The van der Waals surface area contributed by atoms with Crippen molar-refractivity contribution in [1.29, 1.82) is 0 Å². The van der Waals surface area contributed by atoms with Gasteiger partial charge in [0, 0.05) is 6.04 Å². The van der Waals surface area contributed by atoms with Gasteiger partial charge in [0.05, 0.1) is 0 Å². The van der Waals surface area contributed by atoms with Gasteiger partial charge in [-0.2, -0.15) is 11.8 Å². The SMILES string of the molecule is CCSCCC(C)N1C(=O)C(CC(C)C)NC(=O)C1CC. The van der Waals surface area contributed by atoms with Gasteiger partial charge < -0.3 is 10.2 Å². The first-order valence-corrected chi connectivity index (χ1v) is 9.28. The summed E-state index contributed by atoms with van der Waals surface area (Å²) in [5.74, 6) is 2.63. The Balaban J connectivity index is 2.82. The van der Waals surface area contributed by atoms with Crippen LogP contribution in [0.2, 0.25) is 0 Å². The van der Waals surface area contributed by atoms with Gasteiger partial charge in [-0.3, -0.25) is 9.59 Å². The highest BCUT2D eigenvalue weighted by atomic mass is 32.2. The molecular weight excluding hydrogens is 284 g/mol. The summed E-state index contributed by atoms with van der Waals surface area (Å²) < 4.78 is 0. The van der Waals surface area contributed by atoms with Gasteiger partial charge >= 0.3 is 0 Å². The van der Waals surface area contributed by atoms with Crippen LogP contribution in [0.1, 0.15) is 53.9 Å². The molecule has 0 aliphatic carbocycles. The summed E-state index contributed by atoms with van der Waals surface area (Å²) in [4.78, 5) is 26.9. The molecule has 0 aromatic rings. The van der Waals surface area contributed by atoms with E-state index in [1.807, 2.05) is 23.6 Å². The maximum atomic E-state index is 12.8. The number of hydrogen-bond donors (Lipinski definition) is 1. The minimum atomic E-state index is -0.346. The zero-order chi connectivity index (χ0) is 16.0. The van der Waals surface area contributed by atoms with E-state index in [0.717, 1.165) is 17.9 Å². The van der Waals surface area contributed by atoms with Gasteiger partial charge in [0.15, 0.2) is 0 Å². The van der Waals surface area contributed by atoms with Gasteiger partial charge in [-0.1, -0.05) is 27.7 Å². The summed E-state index contributed by atoms with van der Waals surface area (Å²) in [5, 5.41) is 2.92. The third-order valence-electron chi connectivity index (χ3n) is 3.96. The molecule has 3 unspecified atom stereocenters. The van der Waals surface area contributed by atoms with Crippen LogP contribution in [-0.2, 0) is 9.59 Å². The van der Waals surface area contributed by atoms with Crippen LogP contribution in [0.3, 0.4) is 0 Å². The predicted molar refractivity (Wildman–Crippen MR) is 89.4 cm³/mol. The van der Waals surface area contributed by atoms with Crippen LogP contribution in [0.15, 0.2) is 0 Å². The number of carbonyl (C=O) groups is 2. The van der Waals surface area contributed by atoms with Crippen molar-refractivity contribution in [1.82, 2.24) is 10.2 Å². The Hall–Kier alpha value is -0.710. The number of carbonyl (C=O) groups excluding carboxylic acids is 2. The summed E-state index contributed by atoms with van der Waals surface area (Å²) in [5.41, 5.74) is 0. The van der Waals surface area contributed by atoms with E-state index in [1.165, 1.54) is 0 Å². The Morgan fingerprint density at radius 3 is 2.43 bits per heavy atom. The fraction of sp³-hybridized carbons (Fsp3) is 0.875. The molecule has 0 bridgehead atoms. The molecule has 1 aliphatic rings. The van der Waals surface area contributed by atoms with Gasteiger partial charge in [0.1, 0.15) is 12.1 Å². The zero-order valence-electron chi connectivity index (χ0n) is 14.0. The monoisotopic (exact) mass is 314 g/mol. The largest absolute Gasteiger partial charge is 0.342 e. The lowest BCUT2D eigenvalue weighted by Crippen LogP contribution is -2.65. The Bertz CT molecular complexity index is 360. The van der Waals surface area contributed by atoms with E-state index >= 15 is 0 Å². The molecule has 5 heteroatoms. The third-order valence-corrected chi connectivity index (χ3v) is 4.89. The molecule has 4 nitrogen and oxygen atoms in total. The summed E-state index contributed by atoms with van der Waals surface area (Å²) in [6, 6.07) is -0.522. The van der Waals surface area contributed by atoms with E-state index in [9.17, 15) is 9.59 Å². The van der Waals surface area contributed by atoms with Gasteiger partial charge in [0.2, 0.25) is 11.8 Å². The number of nitrogens with zero attached hydrogens (tertiary/aromatic N) is 1. The number of nitrogens with one attached hydrogen (secondary N) is 1. The van der Waals surface area contributed by atoms with Crippen LogP contribution >= 0.6 is 11.8 Å². The maximum Gasteiger partial charge on any atom is 0.246 e. The molecule has 0 radical (unpaired) electrons. The van der Waals surface area contributed by atoms with Crippen molar-refractivity contribution in [3.8, 4) is 0 Å². The first kappa shape index (κ1) is 18.3. The fourth-order valence-electron chi connectivity index (χ4n) is 2.86. The van der Waals surface area contributed by atoms with E-state index in [2.05, 4.69) is 33.0 Å². The van der Waals surface area contributed by atoms with E-state index in [4.69, 9.17) is 0 Å². The number of thioether (sulfide) groups is 1. The van der Waals surface area contributed by atoms with Crippen LogP contribution in [0, 0.1) is 5.92 Å². The lowest BCUT2D eigenvalue weighted by Gasteiger charge is -2.42. The first-order chi connectivity index (χ1) is 9.92. The molecule has 2 amide bonds.